The normalized spacial score (nSPS) is 13.3. The first-order chi connectivity index (χ1) is 12.0. The van der Waals surface area contributed by atoms with E-state index in [0.717, 1.165) is 28.8 Å². The van der Waals surface area contributed by atoms with E-state index in [1.165, 1.54) is 0 Å². The third-order valence-electron chi connectivity index (χ3n) is 4.25. The molecule has 0 aliphatic carbocycles. The van der Waals surface area contributed by atoms with Gasteiger partial charge < -0.3 is 15.7 Å². The first kappa shape index (κ1) is 19.2. The summed E-state index contributed by atoms with van der Waals surface area (Å²) < 4.78 is 0. The van der Waals surface area contributed by atoms with E-state index in [9.17, 15) is 9.90 Å². The largest absolute Gasteiger partial charge is 0.387 e. The molecule has 0 aliphatic rings. The molecule has 2 aromatic carbocycles. The van der Waals surface area contributed by atoms with E-state index in [2.05, 4.69) is 17.6 Å². The summed E-state index contributed by atoms with van der Waals surface area (Å²) in [7, 11) is 0. The van der Waals surface area contributed by atoms with Gasteiger partial charge >= 0.3 is 0 Å². The molecule has 0 bridgehead atoms. The summed E-state index contributed by atoms with van der Waals surface area (Å²) in [5, 5.41) is 16.5. The van der Waals surface area contributed by atoms with Crippen LogP contribution in [0.5, 0.6) is 0 Å². The molecule has 0 spiro atoms. The van der Waals surface area contributed by atoms with Crippen LogP contribution < -0.4 is 10.6 Å². The van der Waals surface area contributed by atoms with Gasteiger partial charge in [0.05, 0.1) is 6.10 Å². The molecule has 0 heterocycles. The predicted molar refractivity (Wildman–Crippen MR) is 103 cm³/mol. The Bertz CT molecular complexity index is 700. The first-order valence-corrected chi connectivity index (χ1v) is 8.85. The zero-order valence-corrected chi connectivity index (χ0v) is 15.3. The van der Waals surface area contributed by atoms with E-state index >= 15 is 0 Å². The number of rotatable bonds is 8. The minimum atomic E-state index is -0.578. The molecule has 0 radical (unpaired) electrons. The maximum atomic E-state index is 12.2. The quantitative estimate of drug-likeness (QED) is 0.688. The van der Waals surface area contributed by atoms with Gasteiger partial charge in [-0.05, 0) is 37.5 Å². The second kappa shape index (κ2) is 9.35. The third kappa shape index (κ3) is 6.00. The minimum absolute atomic E-state index is 0.0201. The number of aliphatic hydroxyl groups is 1. The SMILES string of the molecule is CCc1ccccc1NC(=O)CC(C)NCC(O)c1cccc(C)c1. The molecule has 25 heavy (non-hydrogen) atoms. The van der Waals surface area contributed by atoms with Crippen molar-refractivity contribution in [1.82, 2.24) is 5.32 Å². The molecular weight excluding hydrogens is 312 g/mol. The van der Waals surface area contributed by atoms with Crippen LogP contribution in [0.2, 0.25) is 0 Å². The molecule has 3 N–H and O–H groups in total. The number of carbonyl (C=O) groups excluding carboxylic acids is 1. The maximum Gasteiger partial charge on any atom is 0.225 e. The van der Waals surface area contributed by atoms with Gasteiger partial charge in [-0.3, -0.25) is 4.79 Å². The van der Waals surface area contributed by atoms with Crippen LogP contribution in [0.25, 0.3) is 0 Å². The predicted octanol–water partition coefficient (Wildman–Crippen LogP) is 3.60. The van der Waals surface area contributed by atoms with Crippen LogP contribution in [0.15, 0.2) is 48.5 Å². The molecule has 0 saturated carbocycles. The first-order valence-electron chi connectivity index (χ1n) is 8.85. The highest BCUT2D eigenvalue weighted by Crippen LogP contribution is 2.16. The number of aryl methyl sites for hydroxylation is 2. The van der Waals surface area contributed by atoms with Gasteiger partial charge in [-0.2, -0.15) is 0 Å². The van der Waals surface area contributed by atoms with Gasteiger partial charge in [0.25, 0.3) is 0 Å². The Morgan fingerprint density at radius 2 is 1.92 bits per heavy atom. The summed E-state index contributed by atoms with van der Waals surface area (Å²) in [6, 6.07) is 15.7. The summed E-state index contributed by atoms with van der Waals surface area (Å²) in [5.41, 5.74) is 4.02. The van der Waals surface area contributed by atoms with Crippen molar-refractivity contribution in [2.75, 3.05) is 11.9 Å². The van der Waals surface area contributed by atoms with E-state index in [1.807, 2.05) is 62.4 Å². The number of benzene rings is 2. The summed E-state index contributed by atoms with van der Waals surface area (Å²) >= 11 is 0. The number of aliphatic hydroxyl groups excluding tert-OH is 1. The molecule has 2 atom stereocenters. The van der Waals surface area contributed by atoms with Gasteiger partial charge in [-0.15, -0.1) is 0 Å². The van der Waals surface area contributed by atoms with Crippen molar-refractivity contribution in [1.29, 1.82) is 0 Å². The van der Waals surface area contributed by atoms with Gasteiger partial charge in [0, 0.05) is 24.7 Å². The number of hydrogen-bond acceptors (Lipinski definition) is 3. The maximum absolute atomic E-state index is 12.2. The second-order valence-corrected chi connectivity index (χ2v) is 6.50. The van der Waals surface area contributed by atoms with Crippen molar-refractivity contribution < 1.29 is 9.90 Å². The Balaban J connectivity index is 1.81. The zero-order valence-electron chi connectivity index (χ0n) is 15.3. The van der Waals surface area contributed by atoms with E-state index in [1.54, 1.807) is 0 Å². The highest BCUT2D eigenvalue weighted by molar-refractivity contribution is 5.91. The smallest absolute Gasteiger partial charge is 0.225 e. The summed E-state index contributed by atoms with van der Waals surface area (Å²) in [6.07, 6.45) is 0.664. The lowest BCUT2D eigenvalue weighted by Crippen LogP contribution is -2.33. The lowest BCUT2D eigenvalue weighted by atomic mass is 10.1. The van der Waals surface area contributed by atoms with Gasteiger partial charge in [0.2, 0.25) is 5.91 Å². The third-order valence-corrected chi connectivity index (χ3v) is 4.25. The number of carbonyl (C=O) groups is 1. The molecule has 0 aliphatic heterocycles. The Labute approximate surface area is 150 Å². The zero-order chi connectivity index (χ0) is 18.2. The molecular formula is C21H28N2O2. The van der Waals surface area contributed by atoms with Crippen LogP contribution in [-0.4, -0.2) is 23.6 Å². The van der Waals surface area contributed by atoms with Gasteiger partial charge in [-0.1, -0.05) is 55.0 Å². The summed E-state index contributed by atoms with van der Waals surface area (Å²) in [5.74, 6) is -0.0223. The van der Waals surface area contributed by atoms with Crippen LogP contribution in [0.3, 0.4) is 0 Å². The number of nitrogens with one attached hydrogen (secondary N) is 2. The molecule has 2 aromatic rings. The van der Waals surface area contributed by atoms with Crippen LogP contribution >= 0.6 is 0 Å². The number of amides is 1. The van der Waals surface area contributed by atoms with Crippen LogP contribution in [-0.2, 0) is 11.2 Å². The monoisotopic (exact) mass is 340 g/mol. The van der Waals surface area contributed by atoms with Crippen molar-refractivity contribution in [3.63, 3.8) is 0 Å². The average molecular weight is 340 g/mol. The van der Waals surface area contributed by atoms with Crippen molar-refractivity contribution >= 4 is 11.6 Å². The molecule has 2 unspecified atom stereocenters. The Morgan fingerprint density at radius 1 is 1.16 bits per heavy atom. The molecule has 2 rings (SSSR count). The highest BCUT2D eigenvalue weighted by Gasteiger charge is 2.13. The minimum Gasteiger partial charge on any atom is -0.387 e. The highest BCUT2D eigenvalue weighted by atomic mass is 16.3. The summed E-state index contributed by atoms with van der Waals surface area (Å²) in [4.78, 5) is 12.2. The average Bonchev–Trinajstić information content (AvgIpc) is 2.60. The molecule has 4 nitrogen and oxygen atoms in total. The molecule has 0 fully saturated rings. The van der Waals surface area contributed by atoms with Crippen molar-refractivity contribution in [2.24, 2.45) is 0 Å². The van der Waals surface area contributed by atoms with Crippen molar-refractivity contribution in [3.05, 3.63) is 65.2 Å². The van der Waals surface area contributed by atoms with Gasteiger partial charge in [0.1, 0.15) is 0 Å². The lowest BCUT2D eigenvalue weighted by Gasteiger charge is -2.18. The van der Waals surface area contributed by atoms with Gasteiger partial charge in [0.15, 0.2) is 0 Å². The fourth-order valence-corrected chi connectivity index (χ4v) is 2.81. The van der Waals surface area contributed by atoms with Crippen LogP contribution in [0.4, 0.5) is 5.69 Å². The Morgan fingerprint density at radius 3 is 2.64 bits per heavy atom. The Kier molecular flexibility index (Phi) is 7.16. The molecule has 1 amide bonds. The van der Waals surface area contributed by atoms with Crippen LogP contribution in [0.1, 0.15) is 43.1 Å². The van der Waals surface area contributed by atoms with E-state index < -0.39 is 6.10 Å². The van der Waals surface area contributed by atoms with E-state index in [0.29, 0.717) is 13.0 Å². The molecule has 4 heteroatoms. The van der Waals surface area contributed by atoms with Gasteiger partial charge in [-0.25, -0.2) is 0 Å². The fraction of sp³-hybridized carbons (Fsp3) is 0.381. The second-order valence-electron chi connectivity index (χ2n) is 6.50. The number of anilines is 1. The molecule has 0 aromatic heterocycles. The standard InChI is InChI=1S/C21H28N2O2/c1-4-17-9-5-6-11-19(17)23-21(25)13-16(3)22-14-20(24)18-10-7-8-15(2)12-18/h5-12,16,20,22,24H,4,13-14H2,1-3H3,(H,23,25). The van der Waals surface area contributed by atoms with E-state index in [-0.39, 0.29) is 11.9 Å². The fourth-order valence-electron chi connectivity index (χ4n) is 2.81. The Hall–Kier alpha value is -2.17. The van der Waals surface area contributed by atoms with Crippen molar-refractivity contribution in [3.8, 4) is 0 Å². The summed E-state index contributed by atoms with van der Waals surface area (Å²) in [6.45, 7) is 6.45. The van der Waals surface area contributed by atoms with E-state index in [4.69, 9.17) is 0 Å². The topological polar surface area (TPSA) is 61.4 Å². The molecule has 0 saturated heterocycles. The lowest BCUT2D eigenvalue weighted by molar-refractivity contribution is -0.116. The molecule has 134 valence electrons. The van der Waals surface area contributed by atoms with Crippen molar-refractivity contribution in [2.45, 2.75) is 45.8 Å². The number of hydrogen-bond donors (Lipinski definition) is 3. The number of para-hydroxylation sites is 1. The van der Waals surface area contributed by atoms with Crippen LogP contribution in [0, 0.1) is 6.92 Å².